The van der Waals surface area contributed by atoms with Gasteiger partial charge in [0, 0.05) is 14.8 Å². The first kappa shape index (κ1) is 14.5. The lowest BCUT2D eigenvalue weighted by Crippen LogP contribution is -2.15. The number of aromatic nitrogens is 2. The minimum Gasteiger partial charge on any atom is -0.476 e. The molecule has 0 amide bonds. The highest BCUT2D eigenvalue weighted by Gasteiger charge is 2.28. The van der Waals surface area contributed by atoms with Crippen molar-refractivity contribution in [2.24, 2.45) is 5.92 Å². The molecule has 1 aliphatic rings. The number of fused-ring (bicyclic) bond motifs is 1. The number of carbonyl (C=O) groups is 1. The monoisotopic (exact) mass is 400 g/mol. The van der Waals surface area contributed by atoms with Crippen LogP contribution in [0.5, 0.6) is 0 Å². The molecule has 1 N–H and O–H groups in total. The molecule has 21 heavy (non-hydrogen) atoms. The molecule has 0 saturated carbocycles. The summed E-state index contributed by atoms with van der Waals surface area (Å²) in [7, 11) is 0. The molecule has 3 rings (SSSR count). The Bertz CT molecular complexity index is 727. The molecule has 0 bridgehead atoms. The maximum absolute atomic E-state index is 13.3. The fraction of sp³-hybridized carbons (Fsp3) is 0.333. The van der Waals surface area contributed by atoms with Crippen LogP contribution in [-0.4, -0.2) is 20.9 Å². The van der Waals surface area contributed by atoms with E-state index in [4.69, 9.17) is 0 Å². The first-order valence-electron chi connectivity index (χ1n) is 6.77. The second-order valence-electron chi connectivity index (χ2n) is 5.43. The lowest BCUT2D eigenvalue weighted by Gasteiger charge is -2.20. The standard InChI is InChI=1S/C15H14FIN2O2/c1-8-2-4-12-10(6-8)14(15(20)21)18-19(12)13-5-3-9(16)7-11(13)17/h3,5,7-8H,2,4,6H2,1H3,(H,20,21). The summed E-state index contributed by atoms with van der Waals surface area (Å²) in [6.45, 7) is 2.12. The van der Waals surface area contributed by atoms with Crippen molar-refractivity contribution in [1.82, 2.24) is 9.78 Å². The fourth-order valence-corrected chi connectivity index (χ4v) is 3.52. The molecule has 2 aromatic rings. The number of halogens is 2. The maximum Gasteiger partial charge on any atom is 0.356 e. The number of hydrogen-bond acceptors (Lipinski definition) is 2. The van der Waals surface area contributed by atoms with Gasteiger partial charge in [-0.3, -0.25) is 0 Å². The van der Waals surface area contributed by atoms with Gasteiger partial charge in [0.15, 0.2) is 5.69 Å². The van der Waals surface area contributed by atoms with Gasteiger partial charge < -0.3 is 5.11 Å². The van der Waals surface area contributed by atoms with Crippen LogP contribution in [0.4, 0.5) is 4.39 Å². The van der Waals surface area contributed by atoms with Gasteiger partial charge >= 0.3 is 5.97 Å². The number of carboxylic acids is 1. The predicted octanol–water partition coefficient (Wildman–Crippen LogP) is 3.44. The summed E-state index contributed by atoms with van der Waals surface area (Å²) in [6, 6.07) is 4.45. The highest BCUT2D eigenvalue weighted by atomic mass is 127. The number of aromatic carboxylic acids is 1. The zero-order valence-electron chi connectivity index (χ0n) is 11.4. The Balaban J connectivity index is 2.19. The largest absolute Gasteiger partial charge is 0.476 e. The van der Waals surface area contributed by atoms with Crippen LogP contribution < -0.4 is 0 Å². The molecule has 0 saturated heterocycles. The first-order chi connectivity index (χ1) is 9.97. The summed E-state index contributed by atoms with van der Waals surface area (Å²) >= 11 is 2.05. The Morgan fingerprint density at radius 1 is 1.52 bits per heavy atom. The van der Waals surface area contributed by atoms with Gasteiger partial charge in [0.05, 0.1) is 5.69 Å². The van der Waals surface area contributed by atoms with E-state index in [0.29, 0.717) is 9.49 Å². The predicted molar refractivity (Wildman–Crippen MR) is 84.4 cm³/mol. The molecule has 1 unspecified atom stereocenters. The molecule has 1 aromatic heterocycles. The van der Waals surface area contributed by atoms with Crippen LogP contribution in [0.15, 0.2) is 18.2 Å². The summed E-state index contributed by atoms with van der Waals surface area (Å²) in [5.74, 6) is -0.854. The second kappa shape index (κ2) is 5.40. The molecule has 0 spiro atoms. The van der Waals surface area contributed by atoms with Crippen LogP contribution in [0, 0.1) is 15.3 Å². The van der Waals surface area contributed by atoms with Gasteiger partial charge in [0.2, 0.25) is 0 Å². The molecular formula is C15H14FIN2O2. The van der Waals surface area contributed by atoms with E-state index in [9.17, 15) is 14.3 Å². The van der Waals surface area contributed by atoms with Gasteiger partial charge in [-0.25, -0.2) is 13.9 Å². The van der Waals surface area contributed by atoms with Crippen LogP contribution in [0.25, 0.3) is 5.69 Å². The second-order valence-corrected chi connectivity index (χ2v) is 6.60. The SMILES string of the molecule is CC1CCc2c(c(C(=O)O)nn2-c2ccc(F)cc2I)C1. The van der Waals surface area contributed by atoms with E-state index in [-0.39, 0.29) is 11.5 Å². The lowest BCUT2D eigenvalue weighted by atomic mass is 9.87. The molecule has 1 aliphatic carbocycles. The number of carboxylic acid groups (broad SMARTS) is 1. The molecule has 4 nitrogen and oxygen atoms in total. The Labute approximate surface area is 135 Å². The lowest BCUT2D eigenvalue weighted by molar-refractivity contribution is 0.0688. The van der Waals surface area contributed by atoms with Gasteiger partial charge in [-0.05, 0) is 66.0 Å². The van der Waals surface area contributed by atoms with Crippen molar-refractivity contribution in [2.75, 3.05) is 0 Å². The van der Waals surface area contributed by atoms with Crippen LogP contribution in [0.3, 0.4) is 0 Å². The van der Waals surface area contributed by atoms with E-state index < -0.39 is 5.97 Å². The van der Waals surface area contributed by atoms with E-state index in [0.717, 1.165) is 36.2 Å². The van der Waals surface area contributed by atoms with Gasteiger partial charge in [-0.2, -0.15) is 5.10 Å². The molecule has 0 fully saturated rings. The smallest absolute Gasteiger partial charge is 0.356 e. The molecule has 1 aromatic carbocycles. The van der Waals surface area contributed by atoms with E-state index in [1.165, 1.54) is 12.1 Å². The molecule has 110 valence electrons. The normalized spacial score (nSPS) is 17.6. The number of rotatable bonds is 2. The Morgan fingerprint density at radius 2 is 2.29 bits per heavy atom. The molecule has 1 heterocycles. The summed E-state index contributed by atoms with van der Waals surface area (Å²) in [6.07, 6.45) is 2.54. The average Bonchev–Trinajstić information content (AvgIpc) is 2.77. The number of nitrogens with zero attached hydrogens (tertiary/aromatic N) is 2. The summed E-state index contributed by atoms with van der Waals surface area (Å²) in [5, 5.41) is 13.6. The van der Waals surface area contributed by atoms with Gasteiger partial charge in [-0.15, -0.1) is 0 Å². The molecule has 1 atom stereocenters. The number of benzene rings is 1. The van der Waals surface area contributed by atoms with Gasteiger partial charge in [-0.1, -0.05) is 6.92 Å². The summed E-state index contributed by atoms with van der Waals surface area (Å²) in [5.41, 5.74) is 2.61. The minimum absolute atomic E-state index is 0.122. The minimum atomic E-state index is -1.00. The van der Waals surface area contributed by atoms with Crippen LogP contribution >= 0.6 is 22.6 Å². The topological polar surface area (TPSA) is 55.1 Å². The molecule has 0 radical (unpaired) electrons. The molecular weight excluding hydrogens is 386 g/mol. The van der Waals surface area contributed by atoms with Gasteiger partial charge in [0.1, 0.15) is 5.82 Å². The zero-order chi connectivity index (χ0) is 15.1. The molecule has 6 heteroatoms. The van der Waals surface area contributed by atoms with Crippen molar-refractivity contribution in [3.63, 3.8) is 0 Å². The van der Waals surface area contributed by atoms with E-state index in [1.54, 1.807) is 10.7 Å². The van der Waals surface area contributed by atoms with Crippen LogP contribution in [0.2, 0.25) is 0 Å². The highest BCUT2D eigenvalue weighted by Crippen LogP contribution is 2.31. The van der Waals surface area contributed by atoms with E-state index >= 15 is 0 Å². The number of hydrogen-bond donors (Lipinski definition) is 1. The Morgan fingerprint density at radius 3 is 2.95 bits per heavy atom. The first-order valence-corrected chi connectivity index (χ1v) is 7.84. The van der Waals surface area contributed by atoms with Crippen molar-refractivity contribution in [3.8, 4) is 5.69 Å². The van der Waals surface area contributed by atoms with Crippen molar-refractivity contribution >= 4 is 28.6 Å². The van der Waals surface area contributed by atoms with Crippen molar-refractivity contribution in [1.29, 1.82) is 0 Å². The van der Waals surface area contributed by atoms with Crippen molar-refractivity contribution < 1.29 is 14.3 Å². The van der Waals surface area contributed by atoms with Crippen LogP contribution in [-0.2, 0) is 12.8 Å². The van der Waals surface area contributed by atoms with Crippen molar-refractivity contribution in [3.05, 3.63) is 44.5 Å². The summed E-state index contributed by atoms with van der Waals surface area (Å²) in [4.78, 5) is 11.4. The van der Waals surface area contributed by atoms with Crippen molar-refractivity contribution in [2.45, 2.75) is 26.2 Å². The zero-order valence-corrected chi connectivity index (χ0v) is 13.6. The summed E-state index contributed by atoms with van der Waals surface area (Å²) < 4.78 is 15.6. The van der Waals surface area contributed by atoms with E-state index in [1.807, 2.05) is 22.6 Å². The third-order valence-electron chi connectivity index (χ3n) is 3.86. The quantitative estimate of drug-likeness (QED) is 0.786. The van der Waals surface area contributed by atoms with Crippen LogP contribution in [0.1, 0.15) is 35.1 Å². The maximum atomic E-state index is 13.3. The molecule has 0 aliphatic heterocycles. The Kier molecular flexibility index (Phi) is 3.73. The average molecular weight is 400 g/mol. The highest BCUT2D eigenvalue weighted by molar-refractivity contribution is 14.1. The third-order valence-corrected chi connectivity index (χ3v) is 4.72. The van der Waals surface area contributed by atoms with E-state index in [2.05, 4.69) is 12.0 Å². The van der Waals surface area contributed by atoms with Gasteiger partial charge in [0.25, 0.3) is 0 Å². The fourth-order valence-electron chi connectivity index (χ4n) is 2.81. The third kappa shape index (κ3) is 2.56. The Hall–Kier alpha value is -1.44.